The van der Waals surface area contributed by atoms with Gasteiger partial charge in [-0.15, -0.1) is 0 Å². The third kappa shape index (κ3) is 2.54. The minimum Gasteiger partial charge on any atom is -0.504 e. The summed E-state index contributed by atoms with van der Waals surface area (Å²) in [5, 5.41) is 21.1. The van der Waals surface area contributed by atoms with E-state index in [1.165, 1.54) is 12.1 Å². The number of hydrogen-bond acceptors (Lipinski definition) is 5. The first kappa shape index (κ1) is 11.2. The fourth-order valence-corrected chi connectivity index (χ4v) is 1.65. The van der Waals surface area contributed by atoms with Crippen molar-refractivity contribution in [3.05, 3.63) is 23.8 Å². The molecule has 4 N–H and O–H groups in total. The quantitative estimate of drug-likeness (QED) is 0.453. The van der Waals surface area contributed by atoms with Crippen molar-refractivity contribution in [2.45, 2.75) is 5.25 Å². The van der Waals surface area contributed by atoms with Gasteiger partial charge in [0.15, 0.2) is 11.5 Å². The Labute approximate surface area is 86.8 Å². The molecule has 14 heavy (non-hydrogen) atoms. The van der Waals surface area contributed by atoms with E-state index >= 15 is 0 Å². The van der Waals surface area contributed by atoms with Gasteiger partial charge < -0.3 is 20.1 Å². The van der Waals surface area contributed by atoms with Gasteiger partial charge in [-0.05, 0) is 36.8 Å². The molecule has 1 aromatic carbocycles. The van der Waals surface area contributed by atoms with E-state index in [9.17, 15) is 5.11 Å². The number of nitrogens with one attached hydrogen (secondary N) is 1. The lowest BCUT2D eigenvalue weighted by Gasteiger charge is -2.13. The van der Waals surface area contributed by atoms with Crippen LogP contribution in [0.5, 0.6) is 11.5 Å². The van der Waals surface area contributed by atoms with E-state index in [0.717, 1.165) is 5.56 Å². The standard InChI is InChI=1S/C9H13NO3S/c1-10-5-9(14-13)6-2-3-7(11)8(12)4-6/h2-4,9-13H,5H2,1H3. The molecule has 1 atom stereocenters. The molecule has 1 unspecified atom stereocenters. The van der Waals surface area contributed by atoms with E-state index in [-0.39, 0.29) is 16.7 Å². The van der Waals surface area contributed by atoms with Crippen molar-refractivity contribution in [1.29, 1.82) is 0 Å². The highest BCUT2D eigenvalue weighted by atomic mass is 32.2. The minimum atomic E-state index is -0.169. The average Bonchev–Trinajstić information content (AvgIpc) is 2.19. The van der Waals surface area contributed by atoms with Crippen LogP contribution in [0, 0.1) is 0 Å². The Bertz CT molecular complexity index is 306. The first-order valence-electron chi connectivity index (χ1n) is 4.15. The lowest BCUT2D eigenvalue weighted by molar-refractivity contribution is 0.403. The number of phenols is 2. The molecule has 0 fully saturated rings. The Balaban J connectivity index is 2.88. The maximum absolute atomic E-state index is 9.25. The van der Waals surface area contributed by atoms with Gasteiger partial charge in [0.1, 0.15) is 0 Å². The van der Waals surface area contributed by atoms with Gasteiger partial charge in [-0.1, -0.05) is 6.07 Å². The number of hydrogen-bond donors (Lipinski definition) is 4. The molecule has 78 valence electrons. The van der Waals surface area contributed by atoms with Gasteiger partial charge in [-0.2, -0.15) is 0 Å². The van der Waals surface area contributed by atoms with Crippen LogP contribution in [0.25, 0.3) is 0 Å². The van der Waals surface area contributed by atoms with Crippen molar-refractivity contribution in [3.8, 4) is 11.5 Å². The van der Waals surface area contributed by atoms with E-state index in [2.05, 4.69) is 5.32 Å². The zero-order valence-electron chi connectivity index (χ0n) is 7.77. The maximum atomic E-state index is 9.25. The van der Waals surface area contributed by atoms with Crippen LogP contribution >= 0.6 is 12.0 Å². The van der Waals surface area contributed by atoms with E-state index in [1.807, 2.05) is 0 Å². The second-order valence-corrected chi connectivity index (χ2v) is 3.68. The minimum absolute atomic E-state index is 0.147. The molecule has 4 nitrogen and oxygen atoms in total. The van der Waals surface area contributed by atoms with Crippen molar-refractivity contribution < 1.29 is 14.8 Å². The SMILES string of the molecule is CNCC(SO)c1ccc(O)c(O)c1. The zero-order valence-corrected chi connectivity index (χ0v) is 8.58. The number of likely N-dealkylation sites (N-methyl/N-ethyl adjacent to an activating group) is 1. The molecule has 0 aliphatic carbocycles. The van der Waals surface area contributed by atoms with Crippen LogP contribution in [-0.2, 0) is 0 Å². The summed E-state index contributed by atoms with van der Waals surface area (Å²) in [6.45, 7) is 0.589. The average molecular weight is 215 g/mol. The summed E-state index contributed by atoms with van der Waals surface area (Å²) >= 11 is 0.707. The van der Waals surface area contributed by atoms with E-state index in [4.69, 9.17) is 9.66 Å². The third-order valence-electron chi connectivity index (χ3n) is 1.89. The second kappa shape index (κ2) is 5.09. The fourth-order valence-electron chi connectivity index (χ4n) is 1.14. The second-order valence-electron chi connectivity index (χ2n) is 2.90. The largest absolute Gasteiger partial charge is 0.504 e. The first-order valence-corrected chi connectivity index (χ1v) is 4.99. The Morgan fingerprint density at radius 1 is 1.36 bits per heavy atom. The summed E-state index contributed by atoms with van der Waals surface area (Å²) in [7, 11) is 1.78. The molecule has 0 saturated heterocycles. The monoisotopic (exact) mass is 215 g/mol. The normalized spacial score (nSPS) is 12.7. The Morgan fingerprint density at radius 3 is 2.57 bits per heavy atom. The van der Waals surface area contributed by atoms with Crippen LogP contribution in [0.2, 0.25) is 0 Å². The Morgan fingerprint density at radius 2 is 2.07 bits per heavy atom. The molecule has 0 spiro atoms. The maximum Gasteiger partial charge on any atom is 0.157 e. The smallest absolute Gasteiger partial charge is 0.157 e. The van der Waals surface area contributed by atoms with Gasteiger partial charge in [0.25, 0.3) is 0 Å². The van der Waals surface area contributed by atoms with Crippen molar-refractivity contribution in [2.24, 2.45) is 0 Å². The summed E-state index contributed by atoms with van der Waals surface area (Å²) in [5.74, 6) is -0.322. The van der Waals surface area contributed by atoms with Crippen molar-refractivity contribution in [2.75, 3.05) is 13.6 Å². The van der Waals surface area contributed by atoms with Crippen molar-refractivity contribution in [1.82, 2.24) is 5.32 Å². The number of phenolic OH excluding ortho intramolecular Hbond substituents is 2. The van der Waals surface area contributed by atoms with Gasteiger partial charge in [0.2, 0.25) is 0 Å². The number of benzene rings is 1. The lowest BCUT2D eigenvalue weighted by atomic mass is 10.1. The van der Waals surface area contributed by atoms with Crippen LogP contribution in [0.15, 0.2) is 18.2 Å². The molecule has 5 heteroatoms. The molecule has 0 bridgehead atoms. The van der Waals surface area contributed by atoms with E-state index < -0.39 is 0 Å². The highest BCUT2D eigenvalue weighted by molar-refractivity contribution is 7.94. The van der Waals surface area contributed by atoms with Gasteiger partial charge in [-0.3, -0.25) is 0 Å². The number of aromatic hydroxyl groups is 2. The molecule has 0 heterocycles. The summed E-state index contributed by atoms with van der Waals surface area (Å²) in [6.07, 6.45) is 0. The zero-order chi connectivity index (χ0) is 10.6. The highest BCUT2D eigenvalue weighted by Gasteiger charge is 2.12. The summed E-state index contributed by atoms with van der Waals surface area (Å²) in [4.78, 5) is 0. The van der Waals surface area contributed by atoms with Gasteiger partial charge in [0.05, 0.1) is 5.25 Å². The number of rotatable bonds is 4. The molecule has 0 aliphatic rings. The highest BCUT2D eigenvalue weighted by Crippen LogP contribution is 2.32. The topological polar surface area (TPSA) is 72.7 Å². The molecular weight excluding hydrogens is 202 g/mol. The van der Waals surface area contributed by atoms with E-state index in [1.54, 1.807) is 13.1 Å². The summed E-state index contributed by atoms with van der Waals surface area (Å²) in [5.41, 5.74) is 0.766. The molecule has 0 amide bonds. The van der Waals surface area contributed by atoms with Gasteiger partial charge >= 0.3 is 0 Å². The Hall–Kier alpha value is -0.910. The lowest BCUT2D eigenvalue weighted by Crippen LogP contribution is -2.14. The third-order valence-corrected chi connectivity index (χ3v) is 2.58. The molecule has 0 aromatic heterocycles. The first-order chi connectivity index (χ1) is 6.69. The Kier molecular flexibility index (Phi) is 4.06. The molecule has 0 saturated carbocycles. The van der Waals surface area contributed by atoms with Crippen LogP contribution < -0.4 is 5.32 Å². The molecule has 1 rings (SSSR count). The van der Waals surface area contributed by atoms with Crippen LogP contribution in [-0.4, -0.2) is 28.4 Å². The van der Waals surface area contributed by atoms with Crippen LogP contribution in [0.3, 0.4) is 0 Å². The van der Waals surface area contributed by atoms with E-state index in [0.29, 0.717) is 18.6 Å². The molecule has 0 aliphatic heterocycles. The fraction of sp³-hybridized carbons (Fsp3) is 0.333. The summed E-state index contributed by atoms with van der Waals surface area (Å²) in [6, 6.07) is 4.52. The molecular formula is C9H13NO3S. The summed E-state index contributed by atoms with van der Waals surface area (Å²) < 4.78 is 9.00. The van der Waals surface area contributed by atoms with Crippen molar-refractivity contribution in [3.63, 3.8) is 0 Å². The van der Waals surface area contributed by atoms with Gasteiger partial charge in [0, 0.05) is 6.54 Å². The van der Waals surface area contributed by atoms with Gasteiger partial charge in [-0.25, -0.2) is 0 Å². The predicted octanol–water partition coefficient (Wildman–Crippen LogP) is 1.56. The van der Waals surface area contributed by atoms with Crippen LogP contribution in [0.1, 0.15) is 10.8 Å². The van der Waals surface area contributed by atoms with Crippen molar-refractivity contribution >= 4 is 12.0 Å². The molecule has 0 radical (unpaired) electrons. The molecule has 1 aromatic rings. The van der Waals surface area contributed by atoms with Crippen LogP contribution in [0.4, 0.5) is 0 Å². The predicted molar refractivity (Wildman–Crippen MR) is 56.7 cm³/mol.